The van der Waals surface area contributed by atoms with Crippen molar-refractivity contribution in [3.63, 3.8) is 0 Å². The van der Waals surface area contributed by atoms with Gasteiger partial charge in [-0.1, -0.05) is 13.8 Å². The number of hydrogen-bond acceptors (Lipinski definition) is 4. The molecule has 2 aromatic rings. The monoisotopic (exact) mass is 334 g/mol. The summed E-state index contributed by atoms with van der Waals surface area (Å²) in [7, 11) is 1.73. The molecule has 0 saturated carbocycles. The van der Waals surface area contributed by atoms with Crippen molar-refractivity contribution in [3.05, 3.63) is 17.9 Å². The van der Waals surface area contributed by atoms with Crippen LogP contribution in [0.25, 0.3) is 10.9 Å². The summed E-state index contributed by atoms with van der Waals surface area (Å²) in [6.07, 6.45) is 2.39. The number of nitrogens with zero attached hydrogens (tertiary/aromatic N) is 2. The van der Waals surface area contributed by atoms with Gasteiger partial charge in [-0.2, -0.15) is 5.10 Å². The van der Waals surface area contributed by atoms with Gasteiger partial charge in [0, 0.05) is 31.6 Å². The standard InChI is InChI=1S/C18H27FN4O/c1-12(2)4-6-23-7-5-13(10-23)11-24-14-8-15(19)17-16(9-14)21-22-18(17)20-3/h8-9,12-13H,4-7,10-11H2,1-3H3,(H2,20,21,22). The number of rotatable bonds is 7. The molecular formula is C18H27FN4O. The highest BCUT2D eigenvalue weighted by molar-refractivity contribution is 5.91. The maximum absolute atomic E-state index is 14.3. The van der Waals surface area contributed by atoms with Crippen LogP contribution in [0.5, 0.6) is 5.75 Å². The molecule has 1 saturated heterocycles. The zero-order chi connectivity index (χ0) is 17.1. The van der Waals surface area contributed by atoms with Crippen LogP contribution in [0.15, 0.2) is 12.1 Å². The second-order valence-corrected chi connectivity index (χ2v) is 7.10. The van der Waals surface area contributed by atoms with Crippen molar-refractivity contribution in [2.45, 2.75) is 26.7 Å². The number of hydrogen-bond donors (Lipinski definition) is 2. The number of aromatic amines is 1. The quantitative estimate of drug-likeness (QED) is 0.814. The lowest BCUT2D eigenvalue weighted by molar-refractivity contribution is 0.237. The maximum Gasteiger partial charge on any atom is 0.158 e. The van der Waals surface area contributed by atoms with Gasteiger partial charge < -0.3 is 15.0 Å². The zero-order valence-electron chi connectivity index (χ0n) is 14.7. The number of ether oxygens (including phenoxy) is 1. The number of likely N-dealkylation sites (tertiary alicyclic amines) is 1. The van der Waals surface area contributed by atoms with Crippen LogP contribution < -0.4 is 10.1 Å². The van der Waals surface area contributed by atoms with Gasteiger partial charge in [-0.25, -0.2) is 4.39 Å². The molecule has 1 aromatic heterocycles. The second-order valence-electron chi connectivity index (χ2n) is 7.10. The largest absolute Gasteiger partial charge is 0.493 e. The molecule has 0 bridgehead atoms. The van der Waals surface area contributed by atoms with E-state index in [2.05, 4.69) is 34.3 Å². The van der Waals surface area contributed by atoms with Crippen molar-refractivity contribution in [2.24, 2.45) is 11.8 Å². The van der Waals surface area contributed by atoms with Gasteiger partial charge in [-0.15, -0.1) is 0 Å². The molecule has 0 aliphatic carbocycles. The Morgan fingerprint density at radius 1 is 1.46 bits per heavy atom. The Kier molecular flexibility index (Phi) is 5.23. The summed E-state index contributed by atoms with van der Waals surface area (Å²) in [5, 5.41) is 10.3. The fourth-order valence-corrected chi connectivity index (χ4v) is 3.25. The van der Waals surface area contributed by atoms with E-state index in [1.54, 1.807) is 7.05 Å². The molecule has 1 unspecified atom stereocenters. The van der Waals surface area contributed by atoms with Gasteiger partial charge in [0.05, 0.1) is 17.5 Å². The summed E-state index contributed by atoms with van der Waals surface area (Å²) < 4.78 is 20.1. The van der Waals surface area contributed by atoms with Gasteiger partial charge >= 0.3 is 0 Å². The molecule has 1 aromatic carbocycles. The lowest BCUT2D eigenvalue weighted by atomic mass is 10.1. The number of anilines is 1. The van der Waals surface area contributed by atoms with Crippen LogP contribution >= 0.6 is 0 Å². The predicted octanol–water partition coefficient (Wildman–Crippen LogP) is 3.49. The summed E-state index contributed by atoms with van der Waals surface area (Å²) in [4.78, 5) is 2.51. The van der Waals surface area contributed by atoms with Crippen molar-refractivity contribution in [1.29, 1.82) is 0 Å². The number of H-pyrrole nitrogens is 1. The Bertz CT molecular complexity index is 685. The van der Waals surface area contributed by atoms with Crippen molar-refractivity contribution in [2.75, 3.05) is 38.6 Å². The number of fused-ring (bicyclic) bond motifs is 1. The number of halogens is 1. The van der Waals surface area contributed by atoms with Gasteiger partial charge in [-0.3, -0.25) is 5.10 Å². The Morgan fingerprint density at radius 3 is 3.04 bits per heavy atom. The average molecular weight is 334 g/mol. The Labute approximate surface area is 142 Å². The summed E-state index contributed by atoms with van der Waals surface area (Å²) in [6.45, 7) is 8.53. The molecule has 5 nitrogen and oxygen atoms in total. The van der Waals surface area contributed by atoms with Gasteiger partial charge in [-0.05, 0) is 31.8 Å². The van der Waals surface area contributed by atoms with Crippen LogP contribution in [0.4, 0.5) is 10.2 Å². The van der Waals surface area contributed by atoms with Crippen molar-refractivity contribution in [3.8, 4) is 5.75 Å². The highest BCUT2D eigenvalue weighted by Gasteiger charge is 2.23. The molecule has 2 heterocycles. The third-order valence-electron chi connectivity index (χ3n) is 4.70. The molecule has 0 spiro atoms. The van der Waals surface area contributed by atoms with E-state index >= 15 is 0 Å². The lowest BCUT2D eigenvalue weighted by Crippen LogP contribution is -2.24. The van der Waals surface area contributed by atoms with E-state index in [1.165, 1.54) is 12.5 Å². The highest BCUT2D eigenvalue weighted by atomic mass is 19.1. The molecule has 1 fully saturated rings. The lowest BCUT2D eigenvalue weighted by Gasteiger charge is -2.17. The Hall–Kier alpha value is -1.82. The van der Waals surface area contributed by atoms with E-state index in [4.69, 9.17) is 4.74 Å². The average Bonchev–Trinajstić information content (AvgIpc) is 3.17. The number of benzene rings is 1. The van der Waals surface area contributed by atoms with E-state index in [-0.39, 0.29) is 5.82 Å². The molecule has 0 amide bonds. The third kappa shape index (κ3) is 3.80. The molecule has 1 atom stereocenters. The molecule has 0 radical (unpaired) electrons. The summed E-state index contributed by atoms with van der Waals surface area (Å²) >= 11 is 0. The van der Waals surface area contributed by atoms with Gasteiger partial charge in [0.1, 0.15) is 11.6 Å². The number of aromatic nitrogens is 2. The first kappa shape index (κ1) is 17.0. The first-order valence-electron chi connectivity index (χ1n) is 8.77. The van der Waals surface area contributed by atoms with Gasteiger partial charge in [0.2, 0.25) is 0 Å². The van der Waals surface area contributed by atoms with Crippen molar-refractivity contribution in [1.82, 2.24) is 15.1 Å². The van der Waals surface area contributed by atoms with E-state index < -0.39 is 0 Å². The predicted molar refractivity (Wildman–Crippen MR) is 95.1 cm³/mol. The van der Waals surface area contributed by atoms with Gasteiger partial charge in [0.15, 0.2) is 5.82 Å². The summed E-state index contributed by atoms with van der Waals surface area (Å²) in [5.74, 6) is 2.03. The van der Waals surface area contributed by atoms with E-state index in [0.717, 1.165) is 32.0 Å². The zero-order valence-corrected chi connectivity index (χ0v) is 14.7. The molecular weight excluding hydrogens is 307 g/mol. The first-order valence-corrected chi connectivity index (χ1v) is 8.77. The molecule has 1 aliphatic heterocycles. The molecule has 6 heteroatoms. The Balaban J connectivity index is 1.56. The minimum Gasteiger partial charge on any atom is -0.493 e. The summed E-state index contributed by atoms with van der Waals surface area (Å²) in [5.41, 5.74) is 0.652. The fraction of sp³-hybridized carbons (Fsp3) is 0.611. The first-order chi connectivity index (χ1) is 11.6. The SMILES string of the molecule is CNc1n[nH]c2cc(OCC3CCN(CCC(C)C)C3)cc(F)c12. The molecule has 2 N–H and O–H groups in total. The van der Waals surface area contributed by atoms with Crippen LogP contribution in [0.1, 0.15) is 26.7 Å². The normalized spacial score (nSPS) is 18.6. The van der Waals surface area contributed by atoms with Crippen LogP contribution in [0.2, 0.25) is 0 Å². The van der Waals surface area contributed by atoms with Gasteiger partial charge in [0.25, 0.3) is 0 Å². The highest BCUT2D eigenvalue weighted by Crippen LogP contribution is 2.28. The topological polar surface area (TPSA) is 53.2 Å². The van der Waals surface area contributed by atoms with E-state index in [1.807, 2.05) is 6.07 Å². The smallest absolute Gasteiger partial charge is 0.158 e. The third-order valence-corrected chi connectivity index (χ3v) is 4.70. The van der Waals surface area contributed by atoms with Crippen LogP contribution in [0.3, 0.4) is 0 Å². The maximum atomic E-state index is 14.3. The molecule has 3 rings (SSSR count). The minimum atomic E-state index is -0.314. The molecule has 24 heavy (non-hydrogen) atoms. The molecule has 132 valence electrons. The van der Waals surface area contributed by atoms with Crippen LogP contribution in [-0.2, 0) is 0 Å². The van der Waals surface area contributed by atoms with E-state index in [0.29, 0.717) is 35.0 Å². The minimum absolute atomic E-state index is 0.314. The Morgan fingerprint density at radius 2 is 2.29 bits per heavy atom. The van der Waals surface area contributed by atoms with E-state index in [9.17, 15) is 4.39 Å². The van der Waals surface area contributed by atoms with Crippen molar-refractivity contribution >= 4 is 16.7 Å². The molecule has 1 aliphatic rings. The number of nitrogens with one attached hydrogen (secondary N) is 2. The van der Waals surface area contributed by atoms with Crippen molar-refractivity contribution < 1.29 is 9.13 Å². The summed E-state index contributed by atoms with van der Waals surface area (Å²) in [6, 6.07) is 3.27. The second kappa shape index (κ2) is 7.38. The fourth-order valence-electron chi connectivity index (χ4n) is 3.25. The van der Waals surface area contributed by atoms with Crippen LogP contribution in [-0.4, -0.2) is 48.4 Å². The van der Waals surface area contributed by atoms with Crippen LogP contribution in [0, 0.1) is 17.7 Å².